The van der Waals surface area contributed by atoms with Gasteiger partial charge in [-0.1, -0.05) is 58.4 Å². The summed E-state index contributed by atoms with van der Waals surface area (Å²) in [4.78, 5) is 51.2. The van der Waals surface area contributed by atoms with Gasteiger partial charge in [0.2, 0.25) is 17.7 Å². The van der Waals surface area contributed by atoms with Crippen molar-refractivity contribution in [2.75, 3.05) is 52.3 Å². The minimum Gasteiger partial charge on any atom is -0.496 e. The molecule has 0 aromatic heterocycles. The van der Waals surface area contributed by atoms with Crippen LogP contribution >= 0.6 is 15.9 Å². The number of hydrogen-bond acceptors (Lipinski definition) is 7. The molecule has 0 radical (unpaired) electrons. The molecule has 1 aliphatic carbocycles. The van der Waals surface area contributed by atoms with Gasteiger partial charge in [0.05, 0.1) is 7.11 Å². The first-order valence-corrected chi connectivity index (χ1v) is 20.1. The fourth-order valence-electron chi connectivity index (χ4n) is 6.99. The number of halogens is 1. The van der Waals surface area contributed by atoms with Crippen molar-refractivity contribution in [1.29, 1.82) is 0 Å². The number of carbonyl (C=O) groups is 4. The molecule has 12 heteroatoms. The van der Waals surface area contributed by atoms with E-state index in [4.69, 9.17) is 9.84 Å². The van der Waals surface area contributed by atoms with E-state index in [0.717, 1.165) is 54.6 Å². The molecule has 300 valence electrons. The van der Waals surface area contributed by atoms with E-state index in [9.17, 15) is 19.2 Å². The second-order valence-corrected chi connectivity index (χ2v) is 15.1. The summed E-state index contributed by atoms with van der Waals surface area (Å²) in [6.07, 6.45) is 5.63. The lowest BCUT2D eigenvalue weighted by Crippen LogP contribution is -2.48. The zero-order valence-electron chi connectivity index (χ0n) is 33.2. The van der Waals surface area contributed by atoms with Gasteiger partial charge in [-0.15, -0.1) is 0 Å². The molecule has 0 saturated heterocycles. The molecule has 4 N–H and O–H groups in total. The second kappa shape index (κ2) is 23.5. The number of methoxy groups -OCH3 is 1. The molecule has 55 heavy (non-hydrogen) atoms. The first kappa shape index (κ1) is 45.0. The monoisotopic (exact) mass is 821 g/mol. The summed E-state index contributed by atoms with van der Waals surface area (Å²) < 4.78 is 6.21. The fourth-order valence-corrected chi connectivity index (χ4v) is 7.40. The Morgan fingerprint density at radius 3 is 2.16 bits per heavy atom. The highest BCUT2D eigenvalue weighted by Gasteiger charge is 2.38. The number of likely N-dealkylation sites (N-methyl/N-ethyl adjacent to an activating group) is 1. The van der Waals surface area contributed by atoms with Crippen molar-refractivity contribution in [3.63, 3.8) is 0 Å². The molecular weight excluding hydrogens is 762 g/mol. The lowest BCUT2D eigenvalue weighted by atomic mass is 9.74. The number of aryl methyl sites for hydroxylation is 1. The Labute approximate surface area is 335 Å². The third kappa shape index (κ3) is 15.3. The number of amides is 3. The van der Waals surface area contributed by atoms with Crippen molar-refractivity contribution in [2.24, 2.45) is 0 Å². The quantitative estimate of drug-likeness (QED) is 0.106. The number of aliphatic carboxylic acids is 1. The molecule has 1 aliphatic rings. The van der Waals surface area contributed by atoms with Gasteiger partial charge in [-0.25, -0.2) is 0 Å². The van der Waals surface area contributed by atoms with E-state index in [0.29, 0.717) is 25.9 Å². The first-order valence-electron chi connectivity index (χ1n) is 19.3. The zero-order chi connectivity index (χ0) is 40.2. The van der Waals surface area contributed by atoms with Crippen LogP contribution < -0.4 is 25.6 Å². The Kier molecular flexibility index (Phi) is 19.2. The fraction of sp³-hybridized carbons (Fsp3) is 0.488. The van der Waals surface area contributed by atoms with Gasteiger partial charge in [0.1, 0.15) is 5.75 Å². The first-order chi connectivity index (χ1) is 26.4. The van der Waals surface area contributed by atoms with Gasteiger partial charge >= 0.3 is 5.97 Å². The number of nitrogens with zero attached hydrogens (tertiary/aromatic N) is 2. The van der Waals surface area contributed by atoms with Crippen LogP contribution in [-0.4, -0.2) is 87.1 Å². The number of rotatable bonds is 19. The summed E-state index contributed by atoms with van der Waals surface area (Å²) in [6.45, 7) is 6.88. The topological polar surface area (TPSA) is 140 Å². The largest absolute Gasteiger partial charge is 0.496 e. The van der Waals surface area contributed by atoms with Crippen molar-refractivity contribution in [3.8, 4) is 5.75 Å². The molecule has 0 atom stereocenters. The van der Waals surface area contributed by atoms with Gasteiger partial charge in [-0.05, 0) is 113 Å². The Morgan fingerprint density at radius 1 is 0.855 bits per heavy atom. The molecule has 3 aromatic rings. The normalized spacial score (nSPS) is 16.3. The highest BCUT2D eigenvalue weighted by molar-refractivity contribution is 9.10. The van der Waals surface area contributed by atoms with E-state index in [2.05, 4.69) is 124 Å². The van der Waals surface area contributed by atoms with Crippen LogP contribution in [0.1, 0.15) is 81.4 Å². The molecule has 11 nitrogen and oxygen atoms in total. The molecule has 1 saturated carbocycles. The van der Waals surface area contributed by atoms with E-state index < -0.39 is 5.97 Å². The van der Waals surface area contributed by atoms with Crippen molar-refractivity contribution < 1.29 is 29.0 Å². The molecule has 3 amide bonds. The van der Waals surface area contributed by atoms with Gasteiger partial charge in [-0.3, -0.25) is 24.1 Å². The van der Waals surface area contributed by atoms with Crippen LogP contribution in [0.4, 0.5) is 5.69 Å². The van der Waals surface area contributed by atoms with Crippen molar-refractivity contribution in [1.82, 2.24) is 20.9 Å². The third-order valence-corrected chi connectivity index (χ3v) is 10.6. The highest BCUT2D eigenvalue weighted by Crippen LogP contribution is 2.41. The predicted molar refractivity (Wildman–Crippen MR) is 222 cm³/mol. The maximum absolute atomic E-state index is 12.5. The minimum absolute atomic E-state index is 0.0207. The summed E-state index contributed by atoms with van der Waals surface area (Å²) >= 11 is 3.40. The zero-order valence-corrected chi connectivity index (χ0v) is 34.8. The van der Waals surface area contributed by atoms with Gasteiger partial charge in [0.25, 0.3) is 0 Å². The van der Waals surface area contributed by atoms with Crippen molar-refractivity contribution >= 4 is 45.3 Å². The van der Waals surface area contributed by atoms with Crippen LogP contribution in [0, 0.1) is 6.92 Å². The molecule has 4 rings (SSSR count). The number of ether oxygens (including phenoxy) is 1. The SMILES string of the molecule is CCN(CCNC(=O)CCC(=O)NC1CCC(c2ccccc2)(N(C)C)CC1)c1cccc(C)c1.COc1ccc(Br)cc1CCNC(=O)CCCC(=O)O. The molecule has 0 bridgehead atoms. The van der Waals surface area contributed by atoms with Gasteiger partial charge in [-0.2, -0.15) is 0 Å². The van der Waals surface area contributed by atoms with Crippen LogP contribution in [0.2, 0.25) is 0 Å². The van der Waals surface area contributed by atoms with E-state index in [1.165, 1.54) is 16.8 Å². The maximum Gasteiger partial charge on any atom is 0.303 e. The van der Waals surface area contributed by atoms with Crippen LogP contribution in [0.5, 0.6) is 5.75 Å². The number of carbonyl (C=O) groups excluding carboxylic acids is 3. The number of anilines is 1. The summed E-state index contributed by atoms with van der Waals surface area (Å²) in [6, 6.07) is 24.9. The van der Waals surface area contributed by atoms with Crippen molar-refractivity contribution in [2.45, 2.75) is 89.6 Å². The van der Waals surface area contributed by atoms with E-state index >= 15 is 0 Å². The Bertz CT molecular complexity index is 1660. The number of benzene rings is 3. The standard InChI is InChI=1S/C29H42N4O2.C14H18BrNO4/c1-5-33(26-13-9-10-23(2)22-26)21-20-30-27(34)14-15-28(35)31-25-16-18-29(19-17-25,32(3)4)24-11-7-6-8-12-24;1-20-12-6-5-11(15)9-10(12)7-8-16-13(17)3-2-4-14(18)19/h6-13,22,25H,5,14-21H2,1-4H3,(H,30,34)(H,31,35);5-6,9H,2-4,7-8H2,1H3,(H,16,17)(H,18,19). The lowest BCUT2D eigenvalue weighted by molar-refractivity contribution is -0.137. The van der Waals surface area contributed by atoms with Crippen LogP contribution in [-0.2, 0) is 31.1 Å². The van der Waals surface area contributed by atoms with Crippen LogP contribution in [0.15, 0.2) is 77.3 Å². The Hall–Kier alpha value is -4.42. The maximum atomic E-state index is 12.5. The molecular formula is C43H60BrN5O6. The molecule has 1 fully saturated rings. The minimum atomic E-state index is -0.878. The van der Waals surface area contributed by atoms with Crippen molar-refractivity contribution in [3.05, 3.63) is 94.0 Å². The summed E-state index contributed by atoms with van der Waals surface area (Å²) in [5.41, 5.74) is 4.76. The molecule has 3 aromatic carbocycles. The number of nitrogens with one attached hydrogen (secondary N) is 3. The predicted octanol–water partition coefficient (Wildman–Crippen LogP) is 6.60. The highest BCUT2D eigenvalue weighted by atomic mass is 79.9. The summed E-state index contributed by atoms with van der Waals surface area (Å²) in [7, 11) is 5.90. The van der Waals surface area contributed by atoms with E-state index in [-0.39, 0.29) is 55.0 Å². The molecule has 0 spiro atoms. The number of carboxylic acids is 1. The average molecular weight is 823 g/mol. The van der Waals surface area contributed by atoms with E-state index in [1.807, 2.05) is 18.2 Å². The Balaban J connectivity index is 0.000000345. The van der Waals surface area contributed by atoms with Crippen LogP contribution in [0.25, 0.3) is 0 Å². The smallest absolute Gasteiger partial charge is 0.303 e. The summed E-state index contributed by atoms with van der Waals surface area (Å²) in [5, 5.41) is 17.4. The van der Waals surface area contributed by atoms with Gasteiger partial charge in [0.15, 0.2) is 0 Å². The van der Waals surface area contributed by atoms with Crippen LogP contribution in [0.3, 0.4) is 0 Å². The van der Waals surface area contributed by atoms with Gasteiger partial charge in [0, 0.05) is 73.6 Å². The average Bonchev–Trinajstić information content (AvgIpc) is 3.16. The van der Waals surface area contributed by atoms with E-state index in [1.54, 1.807) is 7.11 Å². The number of carboxylic acid groups (broad SMARTS) is 1. The molecule has 0 heterocycles. The molecule has 0 unspecified atom stereocenters. The van der Waals surface area contributed by atoms with Gasteiger partial charge < -0.3 is 30.7 Å². The Morgan fingerprint density at radius 2 is 1.53 bits per heavy atom. The lowest BCUT2D eigenvalue weighted by Gasteiger charge is -2.45. The number of hydrogen-bond donors (Lipinski definition) is 4. The third-order valence-electron chi connectivity index (χ3n) is 10.1. The second-order valence-electron chi connectivity index (χ2n) is 14.2. The molecule has 0 aliphatic heterocycles. The summed E-state index contributed by atoms with van der Waals surface area (Å²) in [5.74, 6) is -0.317.